The van der Waals surface area contributed by atoms with Crippen LogP contribution in [0, 0.1) is 5.92 Å². The van der Waals surface area contributed by atoms with Gasteiger partial charge in [-0.1, -0.05) is 48.5 Å². The molecule has 10 heteroatoms. The average molecular weight is 468 g/mol. The lowest BCUT2D eigenvalue weighted by atomic mass is 9.97. The molecule has 172 valence electrons. The van der Waals surface area contributed by atoms with E-state index in [0.29, 0.717) is 12.8 Å². The zero-order chi connectivity index (χ0) is 23.2. The van der Waals surface area contributed by atoms with Gasteiger partial charge in [0.15, 0.2) is 0 Å². The lowest BCUT2D eigenvalue weighted by Crippen LogP contribution is -2.42. The second-order valence-corrected chi connectivity index (χ2v) is 9.12. The quantitative estimate of drug-likeness (QED) is 0.669. The van der Waals surface area contributed by atoms with Crippen molar-refractivity contribution < 1.29 is 31.1 Å². The number of sulfonamides is 1. The van der Waals surface area contributed by atoms with Crippen LogP contribution in [-0.2, 0) is 21.4 Å². The third-order valence-corrected chi connectivity index (χ3v) is 6.63. The second kappa shape index (κ2) is 10.2. The molecule has 3 rings (SSSR count). The molecule has 32 heavy (non-hydrogen) atoms. The molecule has 0 saturated carbocycles. The number of carbonyl (C=O) groups excluding carboxylic acids is 1. The maximum atomic E-state index is 12.5. The SMILES string of the molecule is O=C(NCc1ccccc1OC(F)(F)F)C1CCN(S(=O)(=O)/C=C/c2ccccc2)CC1. The molecule has 1 aliphatic rings. The first kappa shape index (κ1) is 23.8. The molecule has 0 aromatic heterocycles. The van der Waals surface area contributed by atoms with E-state index in [-0.39, 0.29) is 36.9 Å². The molecule has 0 bridgehead atoms. The highest BCUT2D eigenvalue weighted by molar-refractivity contribution is 7.92. The van der Waals surface area contributed by atoms with E-state index in [9.17, 15) is 26.4 Å². The molecule has 0 spiro atoms. The van der Waals surface area contributed by atoms with Crippen LogP contribution in [0.4, 0.5) is 13.2 Å². The molecule has 0 radical (unpaired) electrons. The van der Waals surface area contributed by atoms with Gasteiger partial charge in [0.05, 0.1) is 0 Å². The van der Waals surface area contributed by atoms with E-state index in [1.807, 2.05) is 18.2 Å². The fourth-order valence-electron chi connectivity index (χ4n) is 3.39. The first-order valence-corrected chi connectivity index (χ1v) is 11.5. The molecule has 6 nitrogen and oxygen atoms in total. The Bertz CT molecular complexity index is 1050. The molecule has 0 atom stereocenters. The van der Waals surface area contributed by atoms with Crippen LogP contribution in [0.5, 0.6) is 5.75 Å². The average Bonchev–Trinajstić information content (AvgIpc) is 2.77. The number of piperidine rings is 1. The Labute approximate surface area is 184 Å². The van der Waals surface area contributed by atoms with Gasteiger partial charge in [-0.25, -0.2) is 8.42 Å². The molecule has 2 aromatic rings. The van der Waals surface area contributed by atoms with Gasteiger partial charge in [-0.2, -0.15) is 4.31 Å². The van der Waals surface area contributed by atoms with Crippen molar-refractivity contribution in [3.8, 4) is 5.75 Å². The van der Waals surface area contributed by atoms with E-state index < -0.39 is 22.3 Å². The molecule has 2 aromatic carbocycles. The third kappa shape index (κ3) is 6.83. The minimum absolute atomic E-state index is 0.122. The van der Waals surface area contributed by atoms with Gasteiger partial charge >= 0.3 is 6.36 Å². The third-order valence-electron chi connectivity index (χ3n) is 5.07. The Morgan fingerprint density at radius 2 is 1.69 bits per heavy atom. The summed E-state index contributed by atoms with van der Waals surface area (Å²) in [5.41, 5.74) is 0.962. The first-order chi connectivity index (χ1) is 15.1. The summed E-state index contributed by atoms with van der Waals surface area (Å²) in [6.45, 7) is 0.254. The fraction of sp³-hybridized carbons (Fsp3) is 0.318. The molecular weight excluding hydrogens is 445 g/mol. The van der Waals surface area contributed by atoms with E-state index in [1.54, 1.807) is 18.2 Å². The van der Waals surface area contributed by atoms with Crippen molar-refractivity contribution in [3.05, 3.63) is 71.1 Å². The summed E-state index contributed by atoms with van der Waals surface area (Å²) in [5, 5.41) is 3.78. The number of para-hydroxylation sites is 1. The van der Waals surface area contributed by atoms with Gasteiger partial charge in [0.1, 0.15) is 5.75 Å². The largest absolute Gasteiger partial charge is 0.573 e. The summed E-state index contributed by atoms with van der Waals surface area (Å²) >= 11 is 0. The predicted octanol–water partition coefficient (Wildman–Crippen LogP) is 3.91. The lowest BCUT2D eigenvalue weighted by molar-refractivity contribution is -0.274. The number of rotatable bonds is 7. The van der Waals surface area contributed by atoms with E-state index in [2.05, 4.69) is 10.1 Å². The number of halogens is 3. The summed E-state index contributed by atoms with van der Waals surface area (Å²) in [4.78, 5) is 12.5. The molecule has 1 amide bonds. The predicted molar refractivity (Wildman–Crippen MR) is 114 cm³/mol. The summed E-state index contributed by atoms with van der Waals surface area (Å²) < 4.78 is 68.0. The smallest absolute Gasteiger partial charge is 0.405 e. The van der Waals surface area contributed by atoms with Gasteiger partial charge in [0, 0.05) is 36.5 Å². The number of alkyl halides is 3. The van der Waals surface area contributed by atoms with Crippen LogP contribution in [0.25, 0.3) is 6.08 Å². The van der Waals surface area contributed by atoms with Crippen molar-refractivity contribution >= 4 is 22.0 Å². The number of amides is 1. The number of carbonyl (C=O) groups is 1. The van der Waals surface area contributed by atoms with E-state index in [1.165, 1.54) is 28.6 Å². The Hall–Kier alpha value is -2.85. The van der Waals surface area contributed by atoms with Gasteiger partial charge in [0.25, 0.3) is 0 Å². The van der Waals surface area contributed by atoms with Gasteiger partial charge < -0.3 is 10.1 Å². The molecule has 1 saturated heterocycles. The number of nitrogens with one attached hydrogen (secondary N) is 1. The molecule has 1 heterocycles. The van der Waals surface area contributed by atoms with Gasteiger partial charge in [0.2, 0.25) is 15.9 Å². The van der Waals surface area contributed by atoms with Crippen molar-refractivity contribution in [3.63, 3.8) is 0 Å². The van der Waals surface area contributed by atoms with Gasteiger partial charge in [-0.3, -0.25) is 4.79 Å². The van der Waals surface area contributed by atoms with Crippen LogP contribution in [-0.4, -0.2) is 38.1 Å². The van der Waals surface area contributed by atoms with Crippen LogP contribution >= 0.6 is 0 Å². The van der Waals surface area contributed by atoms with Gasteiger partial charge in [-0.05, 0) is 30.5 Å². The van der Waals surface area contributed by atoms with Crippen molar-refractivity contribution in [1.82, 2.24) is 9.62 Å². The lowest BCUT2D eigenvalue weighted by Gasteiger charge is -2.29. The van der Waals surface area contributed by atoms with Crippen LogP contribution in [0.2, 0.25) is 0 Å². The van der Waals surface area contributed by atoms with E-state index in [4.69, 9.17) is 0 Å². The van der Waals surface area contributed by atoms with Crippen molar-refractivity contribution in [1.29, 1.82) is 0 Å². The Morgan fingerprint density at radius 3 is 2.34 bits per heavy atom. The summed E-state index contributed by atoms with van der Waals surface area (Å²) in [6, 6.07) is 14.6. The molecule has 0 aliphatic carbocycles. The van der Waals surface area contributed by atoms with Crippen molar-refractivity contribution in [2.75, 3.05) is 13.1 Å². The van der Waals surface area contributed by atoms with Crippen LogP contribution in [0.3, 0.4) is 0 Å². The van der Waals surface area contributed by atoms with Crippen LogP contribution in [0.1, 0.15) is 24.0 Å². The van der Waals surface area contributed by atoms with Gasteiger partial charge in [-0.15, -0.1) is 13.2 Å². The van der Waals surface area contributed by atoms with E-state index >= 15 is 0 Å². The highest BCUT2D eigenvalue weighted by atomic mass is 32.2. The minimum Gasteiger partial charge on any atom is -0.405 e. The Kier molecular flexibility index (Phi) is 7.57. The Morgan fingerprint density at radius 1 is 1.06 bits per heavy atom. The van der Waals surface area contributed by atoms with Crippen molar-refractivity contribution in [2.45, 2.75) is 25.7 Å². The van der Waals surface area contributed by atoms with E-state index in [0.717, 1.165) is 11.0 Å². The number of nitrogens with zero attached hydrogens (tertiary/aromatic N) is 1. The molecule has 1 fully saturated rings. The topological polar surface area (TPSA) is 75.7 Å². The Balaban J connectivity index is 1.52. The van der Waals surface area contributed by atoms with Crippen LogP contribution < -0.4 is 10.1 Å². The molecule has 1 N–H and O–H groups in total. The van der Waals surface area contributed by atoms with Crippen LogP contribution in [0.15, 0.2) is 60.0 Å². The zero-order valence-electron chi connectivity index (χ0n) is 17.1. The highest BCUT2D eigenvalue weighted by Crippen LogP contribution is 2.26. The monoisotopic (exact) mass is 468 g/mol. The maximum Gasteiger partial charge on any atom is 0.573 e. The summed E-state index contributed by atoms with van der Waals surface area (Å²) in [5.74, 6) is -1.12. The summed E-state index contributed by atoms with van der Waals surface area (Å²) in [6.07, 6.45) is -2.65. The second-order valence-electron chi connectivity index (χ2n) is 7.31. The number of hydrogen-bond acceptors (Lipinski definition) is 4. The summed E-state index contributed by atoms with van der Waals surface area (Å²) in [7, 11) is -3.61. The standard InChI is InChI=1S/C22H23F3N2O4S/c23-22(24,25)31-20-9-5-4-8-19(20)16-26-21(28)18-10-13-27(14-11-18)32(29,30)15-12-17-6-2-1-3-7-17/h1-9,12,15,18H,10-11,13-14,16H2,(H,26,28)/b15-12+. The number of hydrogen-bond donors (Lipinski definition) is 1. The first-order valence-electron chi connectivity index (χ1n) is 9.99. The zero-order valence-corrected chi connectivity index (χ0v) is 17.9. The molecule has 1 aliphatic heterocycles. The molecule has 0 unspecified atom stereocenters. The normalized spacial score (nSPS) is 16.2. The highest BCUT2D eigenvalue weighted by Gasteiger charge is 2.32. The molecular formula is C22H23F3N2O4S. The number of benzene rings is 2. The van der Waals surface area contributed by atoms with Crippen molar-refractivity contribution in [2.24, 2.45) is 5.92 Å². The maximum absolute atomic E-state index is 12.5. The fourth-order valence-corrected chi connectivity index (χ4v) is 4.61. The number of ether oxygens (including phenoxy) is 1. The minimum atomic E-state index is -4.83.